The molecule has 2 aromatic carbocycles. The van der Waals surface area contributed by atoms with Crippen LogP contribution in [0.2, 0.25) is 0 Å². The first-order valence-electron chi connectivity index (χ1n) is 15.6. The third-order valence-electron chi connectivity index (χ3n) is 10.9. The number of ether oxygens (including phenoxy) is 2. The Hall–Kier alpha value is -3.06. The van der Waals surface area contributed by atoms with E-state index >= 15 is 0 Å². The van der Waals surface area contributed by atoms with Crippen molar-refractivity contribution in [1.29, 1.82) is 0 Å². The summed E-state index contributed by atoms with van der Waals surface area (Å²) in [7, 11) is 3.57. The van der Waals surface area contributed by atoms with Gasteiger partial charge in [-0.25, -0.2) is 0 Å². The largest absolute Gasteiger partial charge is 0.508 e. The first kappa shape index (κ1) is 26.8. The van der Waals surface area contributed by atoms with Crippen LogP contribution in [0, 0.1) is 11.8 Å². The lowest BCUT2D eigenvalue weighted by Gasteiger charge is -2.60. The maximum atomic E-state index is 13.5. The molecule has 1 amide bonds. The van der Waals surface area contributed by atoms with Crippen LogP contribution in [0.3, 0.4) is 0 Å². The Bertz CT molecular complexity index is 1340. The van der Waals surface area contributed by atoms with Crippen molar-refractivity contribution in [3.63, 3.8) is 0 Å². The van der Waals surface area contributed by atoms with Crippen molar-refractivity contribution < 1.29 is 24.2 Å². The van der Waals surface area contributed by atoms with Gasteiger partial charge >= 0.3 is 0 Å². The summed E-state index contributed by atoms with van der Waals surface area (Å²) in [5.74, 6) is 3.22. The number of carbonyl (C=O) groups is 2. The van der Waals surface area contributed by atoms with Crippen LogP contribution in [0.15, 0.2) is 36.4 Å². The molecule has 2 bridgehead atoms. The predicted molar refractivity (Wildman–Crippen MR) is 156 cm³/mol. The van der Waals surface area contributed by atoms with E-state index in [1.807, 2.05) is 42.3 Å². The molecule has 1 spiro atoms. The molecule has 3 fully saturated rings. The van der Waals surface area contributed by atoms with Crippen molar-refractivity contribution in [3.8, 4) is 17.2 Å². The normalized spacial score (nSPS) is 29.4. The first-order chi connectivity index (χ1) is 19.9. The van der Waals surface area contributed by atoms with Crippen molar-refractivity contribution in [2.45, 2.75) is 87.8 Å². The molecule has 7 heteroatoms. The van der Waals surface area contributed by atoms with Gasteiger partial charge in [0.1, 0.15) is 11.9 Å². The summed E-state index contributed by atoms with van der Waals surface area (Å²) in [6, 6.07) is 11.5. The molecule has 5 atom stereocenters. The summed E-state index contributed by atoms with van der Waals surface area (Å²) < 4.78 is 12.6. The predicted octanol–water partition coefficient (Wildman–Crippen LogP) is 5.12. The highest BCUT2D eigenvalue weighted by atomic mass is 16.5. The first-order valence-corrected chi connectivity index (χ1v) is 15.6. The highest BCUT2D eigenvalue weighted by molar-refractivity contribution is 5.95. The van der Waals surface area contributed by atoms with E-state index in [-0.39, 0.29) is 29.3 Å². The second-order valence-electron chi connectivity index (χ2n) is 13.1. The SMILES string of the molecule is COc1cc(O)c2c3c1O[C@H]1[C@@H](N(C)C(=O)CCCCC(=O)c4ccccc4)CC[C@H]4[C@@H](C2)N(CC2CC2)CC[C@@]341. The molecule has 2 saturated carbocycles. The van der Waals surface area contributed by atoms with E-state index in [0.29, 0.717) is 49.1 Å². The summed E-state index contributed by atoms with van der Waals surface area (Å²) in [5.41, 5.74) is 2.72. The number of methoxy groups -OCH3 is 1. The number of hydrogen-bond donors (Lipinski definition) is 1. The summed E-state index contributed by atoms with van der Waals surface area (Å²) in [5, 5.41) is 11.2. The van der Waals surface area contributed by atoms with Crippen LogP contribution in [-0.2, 0) is 16.6 Å². The number of carbonyl (C=O) groups excluding carboxylic acids is 2. The number of benzene rings is 2. The number of unbranched alkanes of at least 4 members (excludes halogenated alkanes) is 1. The van der Waals surface area contributed by atoms with Crippen molar-refractivity contribution in [3.05, 3.63) is 53.1 Å². The van der Waals surface area contributed by atoms with Gasteiger partial charge in [0.15, 0.2) is 17.3 Å². The molecular weight excluding hydrogens is 516 g/mol. The van der Waals surface area contributed by atoms with Gasteiger partial charge in [0.05, 0.1) is 13.2 Å². The summed E-state index contributed by atoms with van der Waals surface area (Å²) in [6.07, 6.45) is 8.61. The van der Waals surface area contributed by atoms with Crippen molar-refractivity contribution in [1.82, 2.24) is 9.80 Å². The number of aromatic hydroxyl groups is 1. The lowest BCUT2D eigenvalue weighted by atomic mass is 9.50. The zero-order chi connectivity index (χ0) is 28.3. The molecule has 7 nitrogen and oxygen atoms in total. The Kier molecular flexibility index (Phi) is 6.76. The number of Topliss-reactive ketones (excluding diaryl/α,β-unsaturated/α-hetero) is 1. The fourth-order valence-electron chi connectivity index (χ4n) is 8.75. The smallest absolute Gasteiger partial charge is 0.222 e. The van der Waals surface area contributed by atoms with E-state index in [4.69, 9.17) is 9.47 Å². The second-order valence-corrected chi connectivity index (χ2v) is 13.1. The lowest BCUT2D eigenvalue weighted by Crippen LogP contribution is -2.69. The van der Waals surface area contributed by atoms with Crippen molar-refractivity contribution >= 4 is 11.7 Å². The molecule has 5 aliphatic rings. The standard InChI is InChI=1S/C34H42N2O5/c1-35(30(39)11-7-6-10-27(37)22-8-4-3-5-9-22)25-15-14-24-26-18-23-28(38)19-29(40-2)32-31(23)34(24,33(25)41-32)16-17-36(26)20-21-12-13-21/h3-5,8-9,19,21,24-26,33,38H,6-7,10-18,20H2,1-2H3/t24-,25-,26+,33-,34-/m0/s1. The number of likely N-dealkylation sites (N-methyl/N-ethyl adjacent to an activating group) is 1. The van der Waals surface area contributed by atoms with E-state index in [0.717, 1.165) is 67.1 Å². The molecule has 41 heavy (non-hydrogen) atoms. The summed E-state index contributed by atoms with van der Waals surface area (Å²) in [6.45, 7) is 2.20. The highest BCUT2D eigenvalue weighted by Gasteiger charge is 2.67. The molecule has 0 unspecified atom stereocenters. The molecule has 0 aromatic heterocycles. The van der Waals surface area contributed by atoms with E-state index in [1.165, 1.54) is 12.8 Å². The quantitative estimate of drug-likeness (QED) is 0.322. The Morgan fingerprint density at radius 3 is 2.66 bits per heavy atom. The zero-order valence-corrected chi connectivity index (χ0v) is 24.3. The fraction of sp³-hybridized carbons (Fsp3) is 0.588. The van der Waals surface area contributed by atoms with Gasteiger partial charge in [-0.2, -0.15) is 0 Å². The average molecular weight is 559 g/mol. The van der Waals surface area contributed by atoms with Gasteiger partial charge in [0.2, 0.25) is 5.91 Å². The Balaban J connectivity index is 1.10. The molecule has 1 saturated heterocycles. The molecule has 7 rings (SSSR count). The van der Waals surface area contributed by atoms with Crippen molar-refractivity contribution in [2.24, 2.45) is 11.8 Å². The summed E-state index contributed by atoms with van der Waals surface area (Å²) in [4.78, 5) is 30.7. The van der Waals surface area contributed by atoms with Crippen LogP contribution in [0.1, 0.15) is 79.3 Å². The van der Waals surface area contributed by atoms with Crippen molar-refractivity contribution in [2.75, 3.05) is 27.2 Å². The van der Waals surface area contributed by atoms with E-state index < -0.39 is 0 Å². The third-order valence-corrected chi connectivity index (χ3v) is 10.9. The maximum Gasteiger partial charge on any atom is 0.222 e. The summed E-state index contributed by atoms with van der Waals surface area (Å²) >= 11 is 0. The highest BCUT2D eigenvalue weighted by Crippen LogP contribution is 2.65. The molecular formula is C34H42N2O5. The van der Waals surface area contributed by atoms with Gasteiger partial charge in [-0.1, -0.05) is 30.3 Å². The topological polar surface area (TPSA) is 79.3 Å². The molecule has 1 N–H and O–H groups in total. The molecule has 0 radical (unpaired) electrons. The molecule has 2 aliphatic heterocycles. The van der Waals surface area contributed by atoms with E-state index in [2.05, 4.69) is 4.90 Å². The second kappa shape index (κ2) is 10.3. The minimum Gasteiger partial charge on any atom is -0.508 e. The number of phenols is 1. The Labute approximate surface area is 242 Å². The number of amides is 1. The van der Waals surface area contributed by atoms with Crippen LogP contribution in [-0.4, -0.2) is 72.0 Å². The number of piperidine rings is 1. The van der Waals surface area contributed by atoms with E-state index in [9.17, 15) is 14.7 Å². The average Bonchev–Trinajstić information content (AvgIpc) is 3.75. The fourth-order valence-corrected chi connectivity index (χ4v) is 8.75. The minimum absolute atomic E-state index is 0.0365. The number of hydrogen-bond acceptors (Lipinski definition) is 6. The maximum absolute atomic E-state index is 13.5. The molecule has 3 aliphatic carbocycles. The monoisotopic (exact) mass is 558 g/mol. The molecule has 2 heterocycles. The number of likely N-dealkylation sites (tertiary alicyclic amines) is 1. The van der Waals surface area contributed by atoms with Crippen LogP contribution in [0.5, 0.6) is 17.2 Å². The Morgan fingerprint density at radius 2 is 1.90 bits per heavy atom. The minimum atomic E-state index is -0.209. The Morgan fingerprint density at radius 1 is 1.12 bits per heavy atom. The van der Waals surface area contributed by atoms with Gasteiger partial charge in [-0.05, 0) is 69.7 Å². The molecule has 2 aromatic rings. The van der Waals surface area contributed by atoms with Crippen LogP contribution in [0.4, 0.5) is 0 Å². The molecule has 218 valence electrons. The van der Waals surface area contributed by atoms with Crippen LogP contribution in [0.25, 0.3) is 0 Å². The van der Waals surface area contributed by atoms with Crippen LogP contribution >= 0.6 is 0 Å². The van der Waals surface area contributed by atoms with Gasteiger partial charge in [0, 0.05) is 60.6 Å². The number of rotatable bonds is 10. The van der Waals surface area contributed by atoms with Gasteiger partial charge in [-0.3, -0.25) is 14.5 Å². The van der Waals surface area contributed by atoms with Gasteiger partial charge in [0.25, 0.3) is 0 Å². The number of nitrogens with zero attached hydrogens (tertiary/aromatic N) is 2. The number of ketones is 1. The number of phenolic OH excluding ortho intramolecular Hbond substituents is 1. The van der Waals surface area contributed by atoms with Crippen LogP contribution < -0.4 is 9.47 Å². The van der Waals surface area contributed by atoms with E-state index in [1.54, 1.807) is 13.2 Å². The van der Waals surface area contributed by atoms with Gasteiger partial charge < -0.3 is 19.5 Å². The lowest BCUT2D eigenvalue weighted by molar-refractivity contribution is -0.140. The third kappa shape index (κ3) is 4.34. The van der Waals surface area contributed by atoms with Gasteiger partial charge in [-0.15, -0.1) is 0 Å². The zero-order valence-electron chi connectivity index (χ0n) is 24.3.